The van der Waals surface area contributed by atoms with Gasteiger partial charge < -0.3 is 15.2 Å². The van der Waals surface area contributed by atoms with Gasteiger partial charge in [0, 0.05) is 12.6 Å². The van der Waals surface area contributed by atoms with E-state index in [0.717, 1.165) is 18.6 Å². The van der Waals surface area contributed by atoms with Crippen LogP contribution in [0, 0.1) is 5.82 Å². The number of halogens is 3. The Balaban J connectivity index is 2.76. The van der Waals surface area contributed by atoms with Crippen LogP contribution in [0.15, 0.2) is 18.2 Å². The minimum Gasteiger partial charge on any atom is -0.434 e. The van der Waals surface area contributed by atoms with E-state index >= 15 is 0 Å². The molecule has 1 aromatic carbocycles. The van der Waals surface area contributed by atoms with Crippen molar-refractivity contribution in [2.75, 3.05) is 6.54 Å². The van der Waals surface area contributed by atoms with E-state index in [2.05, 4.69) is 10.1 Å². The second-order valence-corrected chi connectivity index (χ2v) is 4.17. The largest absolute Gasteiger partial charge is 0.434 e. The highest BCUT2D eigenvalue weighted by Crippen LogP contribution is 2.22. The summed E-state index contributed by atoms with van der Waals surface area (Å²) in [4.78, 5) is 11.8. The van der Waals surface area contributed by atoms with Crippen LogP contribution in [0.25, 0.3) is 0 Å². The summed E-state index contributed by atoms with van der Waals surface area (Å²) in [6, 6.07) is 2.73. The third kappa shape index (κ3) is 5.08. The van der Waals surface area contributed by atoms with E-state index in [4.69, 9.17) is 0 Å². The number of rotatable bonds is 7. The van der Waals surface area contributed by atoms with Crippen molar-refractivity contribution in [1.82, 2.24) is 5.32 Å². The molecular weight excluding hydrogens is 275 g/mol. The zero-order valence-corrected chi connectivity index (χ0v) is 10.9. The average Bonchev–Trinajstić information content (AvgIpc) is 2.36. The molecule has 0 aromatic heterocycles. The number of aliphatic hydroxyl groups excluding tert-OH is 1. The van der Waals surface area contributed by atoms with E-state index in [-0.39, 0.29) is 12.1 Å². The van der Waals surface area contributed by atoms with E-state index in [1.54, 1.807) is 0 Å². The number of hydrogen-bond donors (Lipinski definition) is 2. The van der Waals surface area contributed by atoms with Gasteiger partial charge >= 0.3 is 6.61 Å². The molecule has 0 aliphatic carbocycles. The highest BCUT2D eigenvalue weighted by atomic mass is 19.3. The number of ether oxygens (including phenoxy) is 1. The Labute approximate surface area is 114 Å². The van der Waals surface area contributed by atoms with Gasteiger partial charge in [0.15, 0.2) is 0 Å². The van der Waals surface area contributed by atoms with Crippen LogP contribution in [0.2, 0.25) is 0 Å². The fraction of sp³-hybridized carbons (Fsp3) is 0.462. The Morgan fingerprint density at radius 1 is 1.45 bits per heavy atom. The Morgan fingerprint density at radius 2 is 2.15 bits per heavy atom. The number of carbonyl (C=O) groups excluding carboxylic acids is 1. The van der Waals surface area contributed by atoms with Crippen LogP contribution in [0.3, 0.4) is 0 Å². The van der Waals surface area contributed by atoms with E-state index in [1.807, 2.05) is 6.92 Å². The summed E-state index contributed by atoms with van der Waals surface area (Å²) in [7, 11) is 0. The number of carbonyl (C=O) groups is 1. The number of benzene rings is 1. The third-order valence-corrected chi connectivity index (χ3v) is 2.52. The highest BCUT2D eigenvalue weighted by molar-refractivity contribution is 5.96. The smallest absolute Gasteiger partial charge is 0.387 e. The van der Waals surface area contributed by atoms with Gasteiger partial charge in [-0.25, -0.2) is 4.39 Å². The predicted molar refractivity (Wildman–Crippen MR) is 66.3 cm³/mol. The molecule has 1 aromatic rings. The molecule has 1 unspecified atom stereocenters. The second-order valence-electron chi connectivity index (χ2n) is 4.17. The molecular formula is C13H16F3NO3. The number of amides is 1. The molecule has 2 N–H and O–H groups in total. The first-order valence-corrected chi connectivity index (χ1v) is 6.14. The lowest BCUT2D eigenvalue weighted by Gasteiger charge is -2.13. The normalized spacial score (nSPS) is 12.3. The number of hydrogen-bond acceptors (Lipinski definition) is 3. The first-order chi connectivity index (χ1) is 9.43. The summed E-state index contributed by atoms with van der Waals surface area (Å²) < 4.78 is 41.5. The van der Waals surface area contributed by atoms with E-state index in [0.29, 0.717) is 12.5 Å². The molecule has 0 aliphatic rings. The molecule has 1 rings (SSSR count). The van der Waals surface area contributed by atoms with E-state index in [9.17, 15) is 23.1 Å². The standard InChI is InChI=1S/C13H16F3NO3/c1-2-3-9(18)7-17-12(19)10-5-4-8(14)6-11(10)20-13(15)16/h4-6,9,13,18H,2-3,7H2,1H3,(H,17,19). The van der Waals surface area contributed by atoms with Gasteiger partial charge in [-0.15, -0.1) is 0 Å². The topological polar surface area (TPSA) is 58.6 Å². The van der Waals surface area contributed by atoms with Crippen molar-refractivity contribution in [3.63, 3.8) is 0 Å². The minimum atomic E-state index is -3.16. The molecule has 0 spiro atoms. The van der Waals surface area contributed by atoms with E-state index < -0.39 is 30.2 Å². The molecule has 0 heterocycles. The molecule has 0 aliphatic heterocycles. The van der Waals surface area contributed by atoms with Crippen molar-refractivity contribution < 1.29 is 27.8 Å². The van der Waals surface area contributed by atoms with Gasteiger partial charge in [0.2, 0.25) is 0 Å². The van der Waals surface area contributed by atoms with Crippen LogP contribution in [0.5, 0.6) is 5.75 Å². The maximum atomic E-state index is 13.0. The Bertz CT molecular complexity index is 454. The maximum absolute atomic E-state index is 13.0. The zero-order chi connectivity index (χ0) is 15.1. The van der Waals surface area contributed by atoms with Gasteiger partial charge in [-0.2, -0.15) is 8.78 Å². The Morgan fingerprint density at radius 3 is 2.75 bits per heavy atom. The third-order valence-electron chi connectivity index (χ3n) is 2.52. The molecule has 4 nitrogen and oxygen atoms in total. The minimum absolute atomic E-state index is 0.0157. The average molecular weight is 291 g/mol. The molecule has 1 amide bonds. The molecule has 0 saturated heterocycles. The molecule has 0 bridgehead atoms. The van der Waals surface area contributed by atoms with Crippen LogP contribution >= 0.6 is 0 Å². The molecule has 112 valence electrons. The van der Waals surface area contributed by atoms with Gasteiger partial charge in [-0.1, -0.05) is 13.3 Å². The van der Waals surface area contributed by atoms with E-state index in [1.165, 1.54) is 0 Å². The summed E-state index contributed by atoms with van der Waals surface area (Å²) in [5, 5.41) is 11.9. The first-order valence-electron chi connectivity index (χ1n) is 6.14. The van der Waals surface area contributed by atoms with Gasteiger partial charge in [-0.05, 0) is 18.6 Å². The molecule has 7 heteroatoms. The quantitative estimate of drug-likeness (QED) is 0.810. The van der Waals surface area contributed by atoms with Crippen LogP contribution in [0.4, 0.5) is 13.2 Å². The van der Waals surface area contributed by atoms with Crippen molar-refractivity contribution in [2.24, 2.45) is 0 Å². The van der Waals surface area contributed by atoms with Crippen LogP contribution in [0.1, 0.15) is 30.1 Å². The van der Waals surface area contributed by atoms with Crippen molar-refractivity contribution in [1.29, 1.82) is 0 Å². The van der Waals surface area contributed by atoms with Crippen molar-refractivity contribution >= 4 is 5.91 Å². The molecule has 0 fully saturated rings. The summed E-state index contributed by atoms with van der Waals surface area (Å²) in [6.07, 6.45) is 0.529. The number of alkyl halides is 2. The summed E-state index contributed by atoms with van der Waals surface area (Å²) in [6.45, 7) is -1.30. The molecule has 0 saturated carbocycles. The van der Waals surface area contributed by atoms with Crippen molar-refractivity contribution in [3.05, 3.63) is 29.6 Å². The van der Waals surface area contributed by atoms with Gasteiger partial charge in [0.05, 0.1) is 11.7 Å². The lowest BCUT2D eigenvalue weighted by atomic mass is 10.1. The molecule has 20 heavy (non-hydrogen) atoms. The van der Waals surface area contributed by atoms with Gasteiger partial charge in [0.1, 0.15) is 11.6 Å². The van der Waals surface area contributed by atoms with Crippen LogP contribution < -0.4 is 10.1 Å². The van der Waals surface area contributed by atoms with Gasteiger partial charge in [-0.3, -0.25) is 4.79 Å². The van der Waals surface area contributed by atoms with Crippen LogP contribution in [-0.4, -0.2) is 30.3 Å². The Hall–Kier alpha value is -1.76. The summed E-state index contributed by atoms with van der Waals surface area (Å²) >= 11 is 0. The number of aliphatic hydroxyl groups is 1. The summed E-state index contributed by atoms with van der Waals surface area (Å²) in [5.41, 5.74) is -0.213. The highest BCUT2D eigenvalue weighted by Gasteiger charge is 2.17. The lowest BCUT2D eigenvalue weighted by Crippen LogP contribution is -2.32. The summed E-state index contributed by atoms with van der Waals surface area (Å²) in [5.74, 6) is -2.04. The van der Waals surface area contributed by atoms with Crippen molar-refractivity contribution in [2.45, 2.75) is 32.5 Å². The molecule has 0 radical (unpaired) electrons. The number of nitrogens with one attached hydrogen (secondary N) is 1. The predicted octanol–water partition coefficient (Wildman–Crippen LogP) is 2.32. The lowest BCUT2D eigenvalue weighted by molar-refractivity contribution is -0.0503. The maximum Gasteiger partial charge on any atom is 0.387 e. The van der Waals surface area contributed by atoms with Gasteiger partial charge in [0.25, 0.3) is 5.91 Å². The molecule has 1 atom stereocenters. The zero-order valence-electron chi connectivity index (χ0n) is 10.9. The fourth-order valence-corrected chi connectivity index (χ4v) is 1.62. The fourth-order valence-electron chi connectivity index (χ4n) is 1.62. The monoisotopic (exact) mass is 291 g/mol. The first kappa shape index (κ1) is 16.3. The van der Waals surface area contributed by atoms with Crippen molar-refractivity contribution in [3.8, 4) is 5.75 Å². The Kier molecular flexibility index (Phi) is 6.30. The van der Waals surface area contributed by atoms with Crippen LogP contribution in [-0.2, 0) is 0 Å². The SMILES string of the molecule is CCCC(O)CNC(=O)c1ccc(F)cc1OC(F)F. The second kappa shape index (κ2) is 7.74.